The van der Waals surface area contributed by atoms with E-state index in [-0.39, 0.29) is 12.8 Å². The largest absolute Gasteiger partial charge is 0.362 e. The van der Waals surface area contributed by atoms with E-state index in [0.717, 1.165) is 11.1 Å². The summed E-state index contributed by atoms with van der Waals surface area (Å²) in [4.78, 5) is 0. The molecule has 0 aromatic carbocycles. The Morgan fingerprint density at radius 2 is 0.926 bits per heavy atom. The zero-order chi connectivity index (χ0) is 21.5. The fraction of sp³-hybridized carbons (Fsp3) is 0.733. The van der Waals surface area contributed by atoms with Crippen molar-refractivity contribution in [2.45, 2.75) is 51.2 Å². The van der Waals surface area contributed by atoms with Gasteiger partial charge in [0.05, 0.1) is 0 Å². The molecule has 2 aliphatic carbocycles. The summed E-state index contributed by atoms with van der Waals surface area (Å²) in [5.41, 5.74) is 1.22. The Morgan fingerprint density at radius 3 is 1.15 bits per heavy atom. The highest BCUT2D eigenvalue weighted by molar-refractivity contribution is 9.27. The molecule has 0 fully saturated rings. The monoisotopic (exact) mass is 891 g/mol. The lowest BCUT2D eigenvalue weighted by molar-refractivity contribution is -0.165. The Bertz CT molecular complexity index is 649. The van der Waals surface area contributed by atoms with E-state index in [2.05, 4.69) is 127 Å². The zero-order valence-electron chi connectivity index (χ0n) is 13.9. The van der Waals surface area contributed by atoms with Crippen LogP contribution in [0.25, 0.3) is 0 Å². The van der Waals surface area contributed by atoms with Gasteiger partial charge in [0, 0.05) is 5.41 Å². The molecule has 0 aliphatic heterocycles. The molecule has 0 aromatic heterocycles. The lowest BCUT2D eigenvalue weighted by Gasteiger charge is -2.52. The third-order valence-electron chi connectivity index (χ3n) is 5.09. The molecule has 0 amide bonds. The number of rotatable bonds is 2. The van der Waals surface area contributed by atoms with Gasteiger partial charge in [-0.15, -0.1) is 0 Å². The van der Waals surface area contributed by atoms with Crippen molar-refractivity contribution in [1.82, 2.24) is 0 Å². The molecule has 0 aromatic rings. The molecular weight excluding hydrogens is 883 g/mol. The van der Waals surface area contributed by atoms with Gasteiger partial charge in [-0.1, -0.05) is 165 Å². The van der Waals surface area contributed by atoms with Gasteiger partial charge in [-0.25, -0.2) is 0 Å². The number of halogens is 8. The average Bonchev–Trinajstić information content (AvgIpc) is 2.41. The summed E-state index contributed by atoms with van der Waals surface area (Å²) in [7, 11) is 0. The lowest BCUT2D eigenvalue weighted by atomic mass is 9.69. The highest BCUT2D eigenvalue weighted by Gasteiger charge is 2.64. The Balaban J connectivity index is 2.60. The Morgan fingerprint density at radius 1 is 0.667 bits per heavy atom. The highest BCUT2D eigenvalue weighted by atomic mass is 79.9. The van der Waals surface area contributed by atoms with E-state index in [1.54, 1.807) is 12.2 Å². The Labute approximate surface area is 225 Å². The van der Waals surface area contributed by atoms with Crippen LogP contribution in [0.15, 0.2) is 23.3 Å². The van der Waals surface area contributed by atoms with E-state index >= 15 is 0 Å². The van der Waals surface area contributed by atoms with Gasteiger partial charge in [0.2, 0.25) is 11.6 Å². The van der Waals surface area contributed by atoms with Gasteiger partial charge in [-0.2, -0.15) is 0 Å². The van der Waals surface area contributed by atoms with E-state index in [4.69, 9.17) is 0 Å². The third kappa shape index (κ3) is 4.25. The van der Waals surface area contributed by atoms with Crippen LogP contribution >= 0.6 is 127 Å². The minimum Gasteiger partial charge on any atom is -0.362 e. The first-order valence-electron chi connectivity index (χ1n) is 7.48. The maximum atomic E-state index is 10.6. The second-order valence-corrected chi connectivity index (χ2v) is 22.0. The molecule has 0 unspecified atom stereocenters. The molecule has 2 rings (SSSR count). The molecule has 0 saturated heterocycles. The van der Waals surface area contributed by atoms with E-state index in [1.807, 2.05) is 13.8 Å². The van der Waals surface area contributed by atoms with Crippen LogP contribution in [0.2, 0.25) is 0 Å². The van der Waals surface area contributed by atoms with Gasteiger partial charge in [0.1, 0.15) is 6.47 Å². The molecule has 0 spiro atoms. The SMILES string of the molecule is CC(C)(C1=CC(Br)(Br)C(O)(O)C(Br)(Br)C1)C1=CC(Br)(Br)C(O)(O)C(Br)(Br)C1. The Hall–Kier alpha value is 3.16. The van der Waals surface area contributed by atoms with Crippen LogP contribution in [0, 0.1) is 5.41 Å². The number of alkyl halides is 8. The van der Waals surface area contributed by atoms with Gasteiger partial charge in [0.25, 0.3) is 0 Å². The summed E-state index contributed by atoms with van der Waals surface area (Å²) >= 11 is 27.0. The smallest absolute Gasteiger partial charge is 0.218 e. The van der Waals surface area contributed by atoms with Crippen molar-refractivity contribution in [3.63, 3.8) is 0 Å². The van der Waals surface area contributed by atoms with Crippen molar-refractivity contribution in [2.24, 2.45) is 5.41 Å². The highest BCUT2D eigenvalue weighted by Crippen LogP contribution is 2.63. The van der Waals surface area contributed by atoms with Crippen LogP contribution in [0.1, 0.15) is 26.7 Å². The number of hydrogen-bond acceptors (Lipinski definition) is 4. The molecule has 156 valence electrons. The van der Waals surface area contributed by atoms with Crippen molar-refractivity contribution in [1.29, 1.82) is 0 Å². The third-order valence-corrected chi connectivity index (χ3v) is 11.6. The topological polar surface area (TPSA) is 80.9 Å². The molecule has 0 bridgehead atoms. The van der Waals surface area contributed by atoms with Crippen LogP contribution < -0.4 is 0 Å². The second kappa shape index (κ2) is 7.60. The first-order valence-corrected chi connectivity index (χ1v) is 13.8. The summed E-state index contributed by atoms with van der Waals surface area (Å²) in [6, 6.07) is 0. The van der Waals surface area contributed by atoms with E-state index in [1.165, 1.54) is 0 Å². The number of allylic oxidation sites excluding steroid dienone is 2. The predicted octanol–water partition coefficient (Wildman–Crippen LogP) is 5.98. The number of aliphatic hydroxyl groups is 4. The first kappa shape index (κ1) is 26.4. The summed E-state index contributed by atoms with van der Waals surface area (Å²) in [5, 5.41) is 42.3. The average molecular weight is 900 g/mol. The van der Waals surface area contributed by atoms with Crippen molar-refractivity contribution >= 4 is 127 Å². The molecule has 4 nitrogen and oxygen atoms in total. The van der Waals surface area contributed by atoms with Gasteiger partial charge in [-0.05, 0) is 12.8 Å². The van der Waals surface area contributed by atoms with Gasteiger partial charge < -0.3 is 20.4 Å². The maximum Gasteiger partial charge on any atom is 0.218 e. The fourth-order valence-corrected chi connectivity index (χ4v) is 10.0. The quantitative estimate of drug-likeness (QED) is 0.157. The van der Waals surface area contributed by atoms with E-state index < -0.39 is 29.9 Å². The van der Waals surface area contributed by atoms with Crippen molar-refractivity contribution in [3.8, 4) is 0 Å². The lowest BCUT2D eigenvalue weighted by Crippen LogP contribution is -2.61. The van der Waals surface area contributed by atoms with E-state index in [9.17, 15) is 20.4 Å². The van der Waals surface area contributed by atoms with Gasteiger partial charge >= 0.3 is 0 Å². The predicted molar refractivity (Wildman–Crippen MR) is 136 cm³/mol. The number of hydrogen-bond donors (Lipinski definition) is 4. The molecule has 27 heavy (non-hydrogen) atoms. The van der Waals surface area contributed by atoms with Crippen molar-refractivity contribution in [3.05, 3.63) is 23.3 Å². The molecule has 0 radical (unpaired) electrons. The molecule has 0 saturated carbocycles. The van der Waals surface area contributed by atoms with E-state index in [0.29, 0.717) is 0 Å². The molecule has 2 aliphatic rings. The van der Waals surface area contributed by atoms with Crippen LogP contribution in [0.3, 0.4) is 0 Å². The standard InChI is InChI=1S/C15H16Br8O4/c1-9(2,7-3-10(16,17)14(24,25)11(18,19)4-7)8-5-12(20,21)15(26,27)13(22,23)6-8/h3,5,24-27H,4,6H2,1-2H3. The molecule has 4 N–H and O–H groups in total. The van der Waals surface area contributed by atoms with Gasteiger partial charge in [0.15, 0.2) is 6.47 Å². The molecular formula is C15H16Br8O4. The molecule has 12 heteroatoms. The van der Waals surface area contributed by atoms with Crippen LogP contribution in [-0.2, 0) is 0 Å². The maximum absolute atomic E-state index is 10.6. The summed E-state index contributed by atoms with van der Waals surface area (Å²) in [6.45, 7) is 3.99. The Kier molecular flexibility index (Phi) is 7.43. The summed E-state index contributed by atoms with van der Waals surface area (Å²) in [6.07, 6.45) is 4.01. The normalized spacial score (nSPS) is 30.3. The minimum atomic E-state index is -2.17. The van der Waals surface area contributed by atoms with Crippen molar-refractivity contribution < 1.29 is 20.4 Å². The molecule has 0 atom stereocenters. The fourth-order valence-electron chi connectivity index (χ4n) is 2.96. The minimum absolute atomic E-state index is 0.280. The second-order valence-electron chi connectivity index (χ2n) is 7.32. The van der Waals surface area contributed by atoms with Crippen LogP contribution in [0.4, 0.5) is 0 Å². The van der Waals surface area contributed by atoms with Crippen molar-refractivity contribution in [2.75, 3.05) is 0 Å². The molecule has 0 heterocycles. The van der Waals surface area contributed by atoms with Gasteiger partial charge in [-0.3, -0.25) is 0 Å². The van der Waals surface area contributed by atoms with Crippen LogP contribution in [0.5, 0.6) is 0 Å². The zero-order valence-corrected chi connectivity index (χ0v) is 26.6. The summed E-state index contributed by atoms with van der Waals surface area (Å²) < 4.78 is -5.04. The first-order chi connectivity index (χ1) is 11.6. The van der Waals surface area contributed by atoms with Crippen LogP contribution in [-0.4, -0.2) is 44.9 Å². The summed E-state index contributed by atoms with van der Waals surface area (Å²) in [5.74, 6) is -4.34.